The quantitative estimate of drug-likeness (QED) is 0.586. The monoisotopic (exact) mass is 395 g/mol. The molecule has 0 saturated carbocycles. The number of hydrogen-bond acceptors (Lipinski definition) is 0. The summed E-state index contributed by atoms with van der Waals surface area (Å²) < 4.78 is 0. The van der Waals surface area contributed by atoms with Crippen LogP contribution in [0.3, 0.4) is 0 Å². The minimum absolute atomic E-state index is 0. The number of halogens is 1. The maximum Gasteiger partial charge on any atom is 0.141 e. The Bertz CT molecular complexity index is 684. The first kappa shape index (κ1) is 19.4. The van der Waals surface area contributed by atoms with E-state index in [0.717, 1.165) is 0 Å². The Hall–Kier alpha value is -1.90. The SMILES string of the molecule is CCCCCc1ccc([NH+](c2ccccc2)c2ccccc2)cc1.[Br-]. The minimum Gasteiger partial charge on any atom is -1.00 e. The molecule has 0 radical (unpaired) electrons. The number of rotatable bonds is 7. The molecule has 130 valence electrons. The zero-order valence-corrected chi connectivity index (χ0v) is 16.4. The molecule has 3 rings (SSSR count). The van der Waals surface area contributed by atoms with Gasteiger partial charge in [0.2, 0.25) is 0 Å². The fourth-order valence-corrected chi connectivity index (χ4v) is 3.13. The molecule has 0 aliphatic carbocycles. The van der Waals surface area contributed by atoms with Gasteiger partial charge in [-0.25, -0.2) is 4.90 Å². The summed E-state index contributed by atoms with van der Waals surface area (Å²) in [5.41, 5.74) is 5.25. The van der Waals surface area contributed by atoms with Crippen LogP contribution in [-0.4, -0.2) is 0 Å². The van der Waals surface area contributed by atoms with Gasteiger partial charge in [0.1, 0.15) is 17.1 Å². The molecule has 0 unspecified atom stereocenters. The Kier molecular flexibility index (Phi) is 7.90. The normalized spacial score (nSPS) is 10.5. The van der Waals surface area contributed by atoms with Crippen molar-refractivity contribution in [3.8, 4) is 0 Å². The molecular formula is C23H26BrN. The van der Waals surface area contributed by atoms with Crippen LogP contribution in [0.1, 0.15) is 31.7 Å². The summed E-state index contributed by atoms with van der Waals surface area (Å²) in [5.74, 6) is 0. The molecule has 3 aromatic carbocycles. The molecule has 0 saturated heterocycles. The molecule has 0 aliphatic rings. The number of unbranched alkanes of at least 4 members (excludes halogenated alkanes) is 2. The van der Waals surface area contributed by atoms with Gasteiger partial charge in [-0.2, -0.15) is 0 Å². The highest BCUT2D eigenvalue weighted by molar-refractivity contribution is 5.46. The van der Waals surface area contributed by atoms with E-state index < -0.39 is 0 Å². The van der Waals surface area contributed by atoms with Gasteiger partial charge < -0.3 is 17.0 Å². The Morgan fingerprint density at radius 1 is 0.600 bits per heavy atom. The van der Waals surface area contributed by atoms with E-state index in [1.165, 1.54) is 53.2 Å². The summed E-state index contributed by atoms with van der Waals surface area (Å²) in [6, 6.07) is 30.5. The molecule has 25 heavy (non-hydrogen) atoms. The van der Waals surface area contributed by atoms with Crippen molar-refractivity contribution in [3.05, 3.63) is 90.5 Å². The Balaban J connectivity index is 0.00000225. The molecule has 0 aliphatic heterocycles. The van der Waals surface area contributed by atoms with Crippen LogP contribution in [0.4, 0.5) is 17.1 Å². The summed E-state index contributed by atoms with van der Waals surface area (Å²) in [5, 5.41) is 0. The summed E-state index contributed by atoms with van der Waals surface area (Å²) >= 11 is 0. The van der Waals surface area contributed by atoms with E-state index in [4.69, 9.17) is 0 Å². The van der Waals surface area contributed by atoms with Crippen molar-refractivity contribution < 1.29 is 21.9 Å². The fraction of sp³-hybridized carbons (Fsp3) is 0.217. The van der Waals surface area contributed by atoms with Crippen LogP contribution in [0.25, 0.3) is 0 Å². The number of benzene rings is 3. The maximum absolute atomic E-state index is 2.29. The molecule has 1 N–H and O–H groups in total. The smallest absolute Gasteiger partial charge is 0.141 e. The van der Waals surface area contributed by atoms with Gasteiger partial charge in [0.15, 0.2) is 0 Å². The van der Waals surface area contributed by atoms with Crippen molar-refractivity contribution >= 4 is 17.1 Å². The number of aryl methyl sites for hydroxylation is 1. The lowest BCUT2D eigenvalue weighted by molar-refractivity contribution is -0.681. The van der Waals surface area contributed by atoms with Crippen molar-refractivity contribution in [3.63, 3.8) is 0 Å². The first-order chi connectivity index (χ1) is 11.9. The van der Waals surface area contributed by atoms with E-state index in [1.54, 1.807) is 0 Å². The van der Waals surface area contributed by atoms with Crippen LogP contribution in [0.2, 0.25) is 0 Å². The standard InChI is InChI=1S/C23H25N.BrH/c1-2-3-6-11-20-16-18-23(19-17-20)24(21-12-7-4-8-13-21)22-14-9-5-10-15-22;/h4-5,7-10,12-19H,2-3,6,11H2,1H3;1H. The van der Waals surface area contributed by atoms with Gasteiger partial charge >= 0.3 is 0 Å². The number of nitrogens with one attached hydrogen (secondary N) is 1. The molecule has 0 fully saturated rings. The third-order valence-corrected chi connectivity index (χ3v) is 4.44. The van der Waals surface area contributed by atoms with Gasteiger partial charge in [0, 0.05) is 12.1 Å². The molecule has 2 heteroatoms. The van der Waals surface area contributed by atoms with Gasteiger partial charge in [0.05, 0.1) is 0 Å². The van der Waals surface area contributed by atoms with E-state index >= 15 is 0 Å². The lowest BCUT2D eigenvalue weighted by Crippen LogP contribution is -3.00. The molecule has 3 aromatic rings. The summed E-state index contributed by atoms with van der Waals surface area (Å²) in [6.07, 6.45) is 5.05. The molecule has 0 atom stereocenters. The molecular weight excluding hydrogens is 370 g/mol. The lowest BCUT2D eigenvalue weighted by Gasteiger charge is -2.18. The van der Waals surface area contributed by atoms with Gasteiger partial charge in [-0.3, -0.25) is 0 Å². The molecule has 0 aromatic heterocycles. The zero-order chi connectivity index (χ0) is 16.6. The molecule has 0 heterocycles. The van der Waals surface area contributed by atoms with E-state index in [1.807, 2.05) is 0 Å². The topological polar surface area (TPSA) is 4.44 Å². The Morgan fingerprint density at radius 2 is 1.08 bits per heavy atom. The van der Waals surface area contributed by atoms with E-state index in [2.05, 4.69) is 91.9 Å². The first-order valence-corrected chi connectivity index (χ1v) is 8.95. The first-order valence-electron chi connectivity index (χ1n) is 8.95. The molecule has 1 nitrogen and oxygen atoms in total. The summed E-state index contributed by atoms with van der Waals surface area (Å²) in [7, 11) is 0. The number of hydrogen-bond donors (Lipinski definition) is 1. The zero-order valence-electron chi connectivity index (χ0n) is 14.8. The van der Waals surface area contributed by atoms with Gasteiger partial charge in [0.25, 0.3) is 0 Å². The van der Waals surface area contributed by atoms with E-state index in [9.17, 15) is 0 Å². The van der Waals surface area contributed by atoms with Gasteiger partial charge in [-0.1, -0.05) is 68.3 Å². The fourth-order valence-electron chi connectivity index (χ4n) is 3.13. The average Bonchev–Trinajstić information content (AvgIpc) is 2.65. The Morgan fingerprint density at radius 3 is 1.56 bits per heavy atom. The predicted molar refractivity (Wildman–Crippen MR) is 102 cm³/mol. The molecule has 0 bridgehead atoms. The van der Waals surface area contributed by atoms with Crippen molar-refractivity contribution in [2.75, 3.05) is 0 Å². The summed E-state index contributed by atoms with van der Waals surface area (Å²) in [6.45, 7) is 2.25. The molecule has 0 spiro atoms. The molecule has 0 amide bonds. The van der Waals surface area contributed by atoms with Gasteiger partial charge in [-0.05, 0) is 42.7 Å². The van der Waals surface area contributed by atoms with Crippen LogP contribution in [0.5, 0.6) is 0 Å². The number of quaternary nitrogens is 1. The second-order valence-corrected chi connectivity index (χ2v) is 6.26. The van der Waals surface area contributed by atoms with Crippen molar-refractivity contribution in [2.24, 2.45) is 0 Å². The predicted octanol–water partition coefficient (Wildman–Crippen LogP) is 2.60. The van der Waals surface area contributed by atoms with Crippen LogP contribution in [-0.2, 0) is 6.42 Å². The largest absolute Gasteiger partial charge is 1.00 e. The lowest BCUT2D eigenvalue weighted by atomic mass is 10.1. The second kappa shape index (κ2) is 10.2. The average molecular weight is 396 g/mol. The van der Waals surface area contributed by atoms with Crippen LogP contribution in [0, 0.1) is 0 Å². The van der Waals surface area contributed by atoms with E-state index in [-0.39, 0.29) is 17.0 Å². The Labute approximate surface area is 162 Å². The maximum atomic E-state index is 2.29. The van der Waals surface area contributed by atoms with Gasteiger partial charge in [-0.15, -0.1) is 0 Å². The van der Waals surface area contributed by atoms with Crippen molar-refractivity contribution in [1.82, 2.24) is 0 Å². The minimum atomic E-state index is 0. The van der Waals surface area contributed by atoms with Crippen LogP contribution >= 0.6 is 0 Å². The van der Waals surface area contributed by atoms with Crippen LogP contribution < -0.4 is 21.9 Å². The second-order valence-electron chi connectivity index (χ2n) is 6.26. The third kappa shape index (κ3) is 5.29. The van der Waals surface area contributed by atoms with Crippen molar-refractivity contribution in [2.45, 2.75) is 32.6 Å². The highest BCUT2D eigenvalue weighted by Crippen LogP contribution is 2.16. The van der Waals surface area contributed by atoms with E-state index in [0.29, 0.717) is 0 Å². The summed E-state index contributed by atoms with van der Waals surface area (Å²) in [4.78, 5) is 1.30. The highest BCUT2D eigenvalue weighted by atomic mass is 79.9. The van der Waals surface area contributed by atoms with Crippen molar-refractivity contribution in [1.29, 1.82) is 0 Å². The highest BCUT2D eigenvalue weighted by Gasteiger charge is 2.17. The number of para-hydroxylation sites is 2. The third-order valence-electron chi connectivity index (χ3n) is 4.44. The van der Waals surface area contributed by atoms with Crippen LogP contribution in [0.15, 0.2) is 84.9 Å².